The van der Waals surface area contributed by atoms with Crippen LogP contribution < -0.4 is 5.32 Å². The van der Waals surface area contributed by atoms with Gasteiger partial charge >= 0.3 is 0 Å². The minimum absolute atomic E-state index is 0.0284. The number of hydrogen-bond donors (Lipinski definition) is 2. The van der Waals surface area contributed by atoms with Gasteiger partial charge in [-0.25, -0.2) is 0 Å². The third-order valence-electron chi connectivity index (χ3n) is 2.65. The Balaban J connectivity index is 2.47. The molecule has 110 valence electrons. The molecule has 1 amide bonds. The standard InChI is InChI=1S/C13H18N2O5/c1-10-3-4-11(9-12(10)15(18)19)13(17)14-5-2-7-20-8-6-16/h3-4,9,16H,2,5-8H2,1H3,(H,14,17). The number of rotatable bonds is 8. The number of aliphatic hydroxyl groups is 1. The number of benzene rings is 1. The summed E-state index contributed by atoms with van der Waals surface area (Å²) in [6.07, 6.45) is 0.611. The van der Waals surface area contributed by atoms with Crippen molar-refractivity contribution in [2.45, 2.75) is 13.3 Å². The van der Waals surface area contributed by atoms with Crippen LogP contribution in [0.25, 0.3) is 0 Å². The van der Waals surface area contributed by atoms with Crippen LogP contribution in [0.15, 0.2) is 18.2 Å². The van der Waals surface area contributed by atoms with E-state index in [2.05, 4.69) is 5.32 Å². The summed E-state index contributed by atoms with van der Waals surface area (Å²) in [7, 11) is 0. The van der Waals surface area contributed by atoms with Crippen molar-refractivity contribution in [1.29, 1.82) is 0 Å². The molecule has 20 heavy (non-hydrogen) atoms. The summed E-state index contributed by atoms with van der Waals surface area (Å²) in [6.45, 7) is 2.72. The molecule has 0 unspecified atom stereocenters. The molecule has 0 saturated heterocycles. The highest BCUT2D eigenvalue weighted by molar-refractivity contribution is 5.94. The molecule has 0 spiro atoms. The molecule has 0 heterocycles. The summed E-state index contributed by atoms with van der Waals surface area (Å²) >= 11 is 0. The maximum atomic E-state index is 11.8. The van der Waals surface area contributed by atoms with Crippen LogP contribution in [0.1, 0.15) is 22.3 Å². The fourth-order valence-electron chi connectivity index (χ4n) is 1.59. The number of nitrogens with one attached hydrogen (secondary N) is 1. The van der Waals surface area contributed by atoms with Crippen molar-refractivity contribution >= 4 is 11.6 Å². The third-order valence-corrected chi connectivity index (χ3v) is 2.65. The van der Waals surface area contributed by atoms with E-state index in [4.69, 9.17) is 9.84 Å². The van der Waals surface area contributed by atoms with Crippen LogP contribution in [-0.2, 0) is 4.74 Å². The molecule has 1 aromatic carbocycles. The second-order valence-electron chi connectivity index (χ2n) is 4.20. The van der Waals surface area contributed by atoms with Gasteiger partial charge in [-0.05, 0) is 19.4 Å². The maximum Gasteiger partial charge on any atom is 0.273 e. The Bertz CT molecular complexity index is 476. The Kier molecular flexibility index (Phi) is 6.61. The molecule has 0 aromatic heterocycles. The predicted molar refractivity (Wildman–Crippen MR) is 72.7 cm³/mol. The lowest BCUT2D eigenvalue weighted by atomic mass is 10.1. The highest BCUT2D eigenvalue weighted by Gasteiger charge is 2.14. The normalized spacial score (nSPS) is 10.3. The summed E-state index contributed by atoms with van der Waals surface area (Å²) < 4.78 is 5.05. The first-order valence-corrected chi connectivity index (χ1v) is 6.28. The van der Waals surface area contributed by atoms with E-state index in [1.54, 1.807) is 19.1 Å². The Morgan fingerprint density at radius 3 is 2.85 bits per heavy atom. The summed E-state index contributed by atoms with van der Waals surface area (Å²) in [4.78, 5) is 22.1. The molecule has 0 aliphatic rings. The van der Waals surface area contributed by atoms with Gasteiger partial charge in [-0.2, -0.15) is 0 Å². The van der Waals surface area contributed by atoms with E-state index < -0.39 is 4.92 Å². The van der Waals surface area contributed by atoms with Crippen LogP contribution in [-0.4, -0.2) is 42.3 Å². The largest absolute Gasteiger partial charge is 0.394 e. The number of nitrogens with zero attached hydrogens (tertiary/aromatic N) is 1. The van der Waals surface area contributed by atoms with Crippen molar-refractivity contribution in [2.24, 2.45) is 0 Å². The van der Waals surface area contributed by atoms with Gasteiger partial charge in [0, 0.05) is 30.3 Å². The molecule has 0 radical (unpaired) electrons. The topological polar surface area (TPSA) is 102 Å². The van der Waals surface area contributed by atoms with Crippen molar-refractivity contribution in [3.05, 3.63) is 39.4 Å². The number of aryl methyl sites for hydroxylation is 1. The van der Waals surface area contributed by atoms with Gasteiger partial charge in [0.05, 0.1) is 18.1 Å². The number of nitro groups is 1. The number of ether oxygens (including phenoxy) is 1. The zero-order valence-corrected chi connectivity index (χ0v) is 11.3. The van der Waals surface area contributed by atoms with Crippen LogP contribution in [0.5, 0.6) is 0 Å². The molecule has 0 atom stereocenters. The minimum atomic E-state index is -0.505. The summed E-state index contributed by atoms with van der Waals surface area (Å²) in [5, 5.41) is 22.0. The van der Waals surface area contributed by atoms with E-state index in [1.807, 2.05) is 0 Å². The van der Waals surface area contributed by atoms with Crippen LogP contribution >= 0.6 is 0 Å². The smallest absolute Gasteiger partial charge is 0.273 e. The van der Waals surface area contributed by atoms with Crippen molar-refractivity contribution < 1.29 is 19.6 Å². The second-order valence-corrected chi connectivity index (χ2v) is 4.20. The average Bonchev–Trinajstić information content (AvgIpc) is 2.42. The fourth-order valence-corrected chi connectivity index (χ4v) is 1.59. The molecular formula is C13H18N2O5. The van der Waals surface area contributed by atoms with E-state index in [0.29, 0.717) is 25.1 Å². The molecule has 0 fully saturated rings. The Morgan fingerprint density at radius 2 is 2.20 bits per heavy atom. The third kappa shape index (κ3) is 4.94. The lowest BCUT2D eigenvalue weighted by molar-refractivity contribution is -0.385. The maximum absolute atomic E-state index is 11.8. The lowest BCUT2D eigenvalue weighted by Crippen LogP contribution is -2.25. The van der Waals surface area contributed by atoms with Gasteiger partial charge in [0.1, 0.15) is 0 Å². The van der Waals surface area contributed by atoms with Crippen molar-refractivity contribution in [3.8, 4) is 0 Å². The molecule has 1 rings (SSSR count). The van der Waals surface area contributed by atoms with Crippen LogP contribution in [0, 0.1) is 17.0 Å². The number of aliphatic hydroxyl groups excluding tert-OH is 1. The lowest BCUT2D eigenvalue weighted by Gasteiger charge is -2.06. The van der Waals surface area contributed by atoms with Crippen LogP contribution in [0.3, 0.4) is 0 Å². The first kappa shape index (κ1) is 16.1. The van der Waals surface area contributed by atoms with Gasteiger partial charge in [-0.3, -0.25) is 14.9 Å². The molecule has 7 nitrogen and oxygen atoms in total. The number of hydrogen-bond acceptors (Lipinski definition) is 5. The van der Waals surface area contributed by atoms with E-state index in [-0.39, 0.29) is 30.4 Å². The van der Waals surface area contributed by atoms with E-state index in [9.17, 15) is 14.9 Å². The molecule has 1 aromatic rings. The monoisotopic (exact) mass is 282 g/mol. The Labute approximate surface area is 116 Å². The van der Waals surface area contributed by atoms with Crippen LogP contribution in [0.4, 0.5) is 5.69 Å². The number of carbonyl (C=O) groups is 1. The summed E-state index contributed by atoms with van der Waals surface area (Å²) in [5.41, 5.74) is 0.714. The van der Waals surface area contributed by atoms with Gasteiger partial charge in [-0.1, -0.05) is 6.07 Å². The van der Waals surface area contributed by atoms with Gasteiger partial charge < -0.3 is 15.2 Å². The predicted octanol–water partition coefficient (Wildman–Crippen LogP) is 1.03. The van der Waals surface area contributed by atoms with Gasteiger partial charge in [0.25, 0.3) is 11.6 Å². The Morgan fingerprint density at radius 1 is 1.45 bits per heavy atom. The van der Waals surface area contributed by atoms with E-state index >= 15 is 0 Å². The zero-order chi connectivity index (χ0) is 15.0. The van der Waals surface area contributed by atoms with Crippen LogP contribution in [0.2, 0.25) is 0 Å². The molecule has 7 heteroatoms. The molecule has 2 N–H and O–H groups in total. The molecule has 0 aliphatic carbocycles. The average molecular weight is 282 g/mol. The first-order chi connectivity index (χ1) is 9.56. The number of nitro benzene ring substituents is 1. The number of amides is 1. The molecular weight excluding hydrogens is 264 g/mol. The van der Waals surface area contributed by atoms with Gasteiger partial charge in [0.2, 0.25) is 0 Å². The Hall–Kier alpha value is -1.99. The highest BCUT2D eigenvalue weighted by atomic mass is 16.6. The van der Waals surface area contributed by atoms with Gasteiger partial charge in [0.15, 0.2) is 0 Å². The first-order valence-electron chi connectivity index (χ1n) is 6.28. The summed E-state index contributed by atoms with van der Waals surface area (Å²) in [5.74, 6) is -0.352. The van der Waals surface area contributed by atoms with Crippen molar-refractivity contribution in [2.75, 3.05) is 26.4 Å². The highest BCUT2D eigenvalue weighted by Crippen LogP contribution is 2.19. The van der Waals surface area contributed by atoms with E-state index in [0.717, 1.165) is 0 Å². The van der Waals surface area contributed by atoms with Gasteiger partial charge in [-0.15, -0.1) is 0 Å². The number of carbonyl (C=O) groups excluding carboxylic acids is 1. The molecule has 0 aliphatic heterocycles. The minimum Gasteiger partial charge on any atom is -0.394 e. The zero-order valence-electron chi connectivity index (χ0n) is 11.3. The fraction of sp³-hybridized carbons (Fsp3) is 0.462. The van der Waals surface area contributed by atoms with Crippen molar-refractivity contribution in [1.82, 2.24) is 5.32 Å². The van der Waals surface area contributed by atoms with E-state index in [1.165, 1.54) is 6.07 Å². The molecule has 0 saturated carbocycles. The SMILES string of the molecule is Cc1ccc(C(=O)NCCCOCCO)cc1[N+](=O)[O-]. The second kappa shape index (κ2) is 8.23. The molecule has 0 bridgehead atoms. The quantitative estimate of drug-likeness (QED) is 0.421. The van der Waals surface area contributed by atoms with Crippen molar-refractivity contribution in [3.63, 3.8) is 0 Å². The summed E-state index contributed by atoms with van der Waals surface area (Å²) in [6, 6.07) is 4.38.